The molecule has 0 atom stereocenters. The van der Waals surface area contributed by atoms with Gasteiger partial charge in [-0.05, 0) is 48.9 Å². The van der Waals surface area contributed by atoms with Crippen LogP contribution in [0, 0.1) is 6.92 Å². The Balaban J connectivity index is 2.33. The lowest BCUT2D eigenvalue weighted by Crippen LogP contribution is -2.15. The van der Waals surface area contributed by atoms with E-state index < -0.39 is 11.9 Å². The Hall–Kier alpha value is -2.04. The zero-order valence-corrected chi connectivity index (χ0v) is 12.5. The van der Waals surface area contributed by atoms with Gasteiger partial charge in [-0.25, -0.2) is 4.79 Å². The standard InChI is InChI=1S/C15H11Cl2NO3/c1-8-4-9(6-11(17)5-8)14(19)18-13-3-2-10(16)7-12(13)15(20)21/h2-7H,1H3,(H,18,19)(H,20,21). The van der Waals surface area contributed by atoms with Gasteiger partial charge in [0.1, 0.15) is 0 Å². The van der Waals surface area contributed by atoms with Gasteiger partial charge in [0.15, 0.2) is 0 Å². The van der Waals surface area contributed by atoms with Crippen LogP contribution in [0.2, 0.25) is 10.0 Å². The molecule has 6 heteroatoms. The van der Waals surface area contributed by atoms with Crippen LogP contribution < -0.4 is 5.32 Å². The molecule has 0 bridgehead atoms. The van der Waals surface area contributed by atoms with Gasteiger partial charge in [0.2, 0.25) is 0 Å². The van der Waals surface area contributed by atoms with E-state index in [9.17, 15) is 9.59 Å². The second-order valence-electron chi connectivity index (χ2n) is 4.47. The first-order valence-electron chi connectivity index (χ1n) is 5.98. The average molecular weight is 324 g/mol. The second kappa shape index (κ2) is 6.16. The molecule has 0 aliphatic carbocycles. The van der Waals surface area contributed by atoms with Crippen LogP contribution in [-0.4, -0.2) is 17.0 Å². The van der Waals surface area contributed by atoms with E-state index in [1.165, 1.54) is 24.3 Å². The van der Waals surface area contributed by atoms with Gasteiger partial charge in [0.25, 0.3) is 5.91 Å². The number of amides is 1. The average Bonchev–Trinajstić information content (AvgIpc) is 2.39. The summed E-state index contributed by atoms with van der Waals surface area (Å²) in [5.74, 6) is -1.61. The lowest BCUT2D eigenvalue weighted by atomic mass is 10.1. The number of carboxylic acid groups (broad SMARTS) is 1. The molecule has 0 aromatic heterocycles. The number of carbonyl (C=O) groups excluding carboxylic acids is 1. The molecule has 0 saturated heterocycles. The molecule has 108 valence electrons. The normalized spacial score (nSPS) is 10.2. The molecule has 0 saturated carbocycles. The second-order valence-corrected chi connectivity index (χ2v) is 5.34. The van der Waals surface area contributed by atoms with Crippen LogP contribution in [0.1, 0.15) is 26.3 Å². The fraction of sp³-hybridized carbons (Fsp3) is 0.0667. The number of halogens is 2. The molecule has 0 fully saturated rings. The summed E-state index contributed by atoms with van der Waals surface area (Å²) in [5.41, 5.74) is 1.29. The Kier molecular flexibility index (Phi) is 4.50. The summed E-state index contributed by atoms with van der Waals surface area (Å²) < 4.78 is 0. The van der Waals surface area contributed by atoms with Crippen LogP contribution in [0.5, 0.6) is 0 Å². The molecule has 2 rings (SSSR count). The quantitative estimate of drug-likeness (QED) is 0.887. The number of aryl methyl sites for hydroxylation is 1. The fourth-order valence-corrected chi connectivity index (χ4v) is 2.33. The van der Waals surface area contributed by atoms with Crippen molar-refractivity contribution in [3.05, 3.63) is 63.1 Å². The number of rotatable bonds is 3. The zero-order chi connectivity index (χ0) is 15.6. The van der Waals surface area contributed by atoms with E-state index >= 15 is 0 Å². The first-order valence-corrected chi connectivity index (χ1v) is 6.74. The van der Waals surface area contributed by atoms with Crippen LogP contribution >= 0.6 is 23.2 Å². The first kappa shape index (κ1) is 15.4. The molecule has 1 amide bonds. The Labute approximate surface area is 131 Å². The number of nitrogens with one attached hydrogen (secondary N) is 1. The summed E-state index contributed by atoms with van der Waals surface area (Å²) in [4.78, 5) is 23.4. The maximum Gasteiger partial charge on any atom is 0.337 e. The molecule has 0 spiro atoms. The summed E-state index contributed by atoms with van der Waals surface area (Å²) >= 11 is 11.7. The Morgan fingerprint density at radius 2 is 1.76 bits per heavy atom. The maximum atomic E-state index is 12.2. The summed E-state index contributed by atoms with van der Waals surface area (Å²) in [5, 5.41) is 12.4. The van der Waals surface area contributed by atoms with Crippen molar-refractivity contribution in [3.63, 3.8) is 0 Å². The van der Waals surface area contributed by atoms with E-state index in [1.54, 1.807) is 12.1 Å². The fourth-order valence-electron chi connectivity index (χ4n) is 1.86. The summed E-state index contributed by atoms with van der Waals surface area (Å²) in [6, 6.07) is 9.14. The van der Waals surface area contributed by atoms with E-state index in [2.05, 4.69) is 5.32 Å². The highest BCUT2D eigenvalue weighted by molar-refractivity contribution is 6.31. The lowest BCUT2D eigenvalue weighted by Gasteiger charge is -2.09. The lowest BCUT2D eigenvalue weighted by molar-refractivity contribution is 0.0698. The van der Waals surface area contributed by atoms with E-state index in [-0.39, 0.29) is 16.3 Å². The largest absolute Gasteiger partial charge is 0.478 e. The third kappa shape index (κ3) is 3.74. The summed E-state index contributed by atoms with van der Waals surface area (Å²) in [7, 11) is 0. The van der Waals surface area contributed by atoms with Crippen LogP contribution in [0.15, 0.2) is 36.4 Å². The minimum Gasteiger partial charge on any atom is -0.478 e. The van der Waals surface area contributed by atoms with E-state index in [0.29, 0.717) is 10.6 Å². The van der Waals surface area contributed by atoms with Crippen molar-refractivity contribution in [1.29, 1.82) is 0 Å². The van der Waals surface area contributed by atoms with E-state index in [4.69, 9.17) is 28.3 Å². The van der Waals surface area contributed by atoms with Gasteiger partial charge in [-0.3, -0.25) is 4.79 Å². The monoisotopic (exact) mass is 323 g/mol. The Morgan fingerprint density at radius 1 is 1.05 bits per heavy atom. The molecule has 0 aliphatic heterocycles. The van der Waals surface area contributed by atoms with Crippen molar-refractivity contribution in [3.8, 4) is 0 Å². The predicted molar refractivity (Wildman–Crippen MR) is 82.6 cm³/mol. The van der Waals surface area contributed by atoms with E-state index in [0.717, 1.165) is 5.56 Å². The van der Waals surface area contributed by atoms with Gasteiger partial charge in [-0.15, -0.1) is 0 Å². The van der Waals surface area contributed by atoms with Crippen molar-refractivity contribution < 1.29 is 14.7 Å². The minimum atomic E-state index is -1.17. The number of hydrogen-bond donors (Lipinski definition) is 2. The third-order valence-corrected chi connectivity index (χ3v) is 3.22. The number of carboxylic acids is 1. The molecule has 4 nitrogen and oxygen atoms in total. The number of benzene rings is 2. The van der Waals surface area contributed by atoms with Crippen LogP contribution in [0.4, 0.5) is 5.69 Å². The summed E-state index contributed by atoms with van der Waals surface area (Å²) in [6.07, 6.45) is 0. The number of carbonyl (C=O) groups is 2. The SMILES string of the molecule is Cc1cc(Cl)cc(C(=O)Nc2ccc(Cl)cc2C(=O)O)c1. The van der Waals surface area contributed by atoms with Crippen molar-refractivity contribution in [1.82, 2.24) is 0 Å². The highest BCUT2D eigenvalue weighted by Crippen LogP contribution is 2.22. The van der Waals surface area contributed by atoms with Gasteiger partial charge >= 0.3 is 5.97 Å². The smallest absolute Gasteiger partial charge is 0.337 e. The third-order valence-electron chi connectivity index (χ3n) is 2.76. The molecule has 0 radical (unpaired) electrons. The van der Waals surface area contributed by atoms with Crippen molar-refractivity contribution >= 4 is 40.8 Å². The minimum absolute atomic E-state index is 0.0744. The number of hydrogen-bond acceptors (Lipinski definition) is 2. The zero-order valence-electron chi connectivity index (χ0n) is 11.0. The number of aromatic carboxylic acids is 1. The predicted octanol–water partition coefficient (Wildman–Crippen LogP) is 4.25. The highest BCUT2D eigenvalue weighted by atomic mass is 35.5. The van der Waals surface area contributed by atoms with Crippen LogP contribution in [-0.2, 0) is 0 Å². The molecular weight excluding hydrogens is 313 g/mol. The van der Waals surface area contributed by atoms with Gasteiger partial charge in [-0.1, -0.05) is 23.2 Å². The maximum absolute atomic E-state index is 12.2. The molecule has 2 N–H and O–H groups in total. The van der Waals surface area contributed by atoms with Crippen LogP contribution in [0.3, 0.4) is 0 Å². The Morgan fingerprint density at radius 3 is 2.38 bits per heavy atom. The summed E-state index contributed by atoms with van der Waals surface area (Å²) in [6.45, 7) is 1.81. The van der Waals surface area contributed by atoms with Gasteiger partial charge in [0, 0.05) is 15.6 Å². The van der Waals surface area contributed by atoms with E-state index in [1.807, 2.05) is 6.92 Å². The van der Waals surface area contributed by atoms with Gasteiger partial charge in [-0.2, -0.15) is 0 Å². The molecule has 2 aromatic rings. The molecule has 0 aliphatic rings. The first-order chi connectivity index (χ1) is 9.86. The highest BCUT2D eigenvalue weighted by Gasteiger charge is 2.14. The Bertz CT molecular complexity index is 709. The van der Waals surface area contributed by atoms with Crippen LogP contribution in [0.25, 0.3) is 0 Å². The van der Waals surface area contributed by atoms with Crippen molar-refractivity contribution in [2.75, 3.05) is 5.32 Å². The van der Waals surface area contributed by atoms with Crippen molar-refractivity contribution in [2.45, 2.75) is 6.92 Å². The molecular formula is C15H11Cl2NO3. The number of anilines is 1. The molecule has 2 aromatic carbocycles. The molecule has 21 heavy (non-hydrogen) atoms. The topological polar surface area (TPSA) is 66.4 Å². The molecule has 0 unspecified atom stereocenters. The van der Waals surface area contributed by atoms with Gasteiger partial charge < -0.3 is 10.4 Å². The van der Waals surface area contributed by atoms with Gasteiger partial charge in [0.05, 0.1) is 11.3 Å². The van der Waals surface area contributed by atoms with Crippen molar-refractivity contribution in [2.24, 2.45) is 0 Å². The molecule has 0 heterocycles.